The Balaban J connectivity index is 1.82. The third-order valence-electron chi connectivity index (χ3n) is 5.41. The van der Waals surface area contributed by atoms with Crippen molar-refractivity contribution in [3.05, 3.63) is 41.7 Å². The van der Waals surface area contributed by atoms with Gasteiger partial charge in [0.05, 0.1) is 11.2 Å². The van der Waals surface area contributed by atoms with Crippen molar-refractivity contribution in [3.63, 3.8) is 0 Å². The number of amides is 1. The predicted octanol–water partition coefficient (Wildman–Crippen LogP) is 3.71. The first kappa shape index (κ1) is 17.0. The molecule has 0 atom stereocenters. The van der Waals surface area contributed by atoms with E-state index in [1.165, 1.54) is 19.3 Å². The Kier molecular flexibility index (Phi) is 4.89. The summed E-state index contributed by atoms with van der Waals surface area (Å²) < 4.78 is 0. The molecule has 136 valence electrons. The highest BCUT2D eigenvalue weighted by Gasteiger charge is 2.23. The number of benzene rings is 1. The molecule has 1 saturated carbocycles. The van der Waals surface area contributed by atoms with Crippen LogP contribution in [-0.2, 0) is 0 Å². The molecule has 1 fully saturated rings. The van der Waals surface area contributed by atoms with Gasteiger partial charge in [0.15, 0.2) is 0 Å². The summed E-state index contributed by atoms with van der Waals surface area (Å²) in [4.78, 5) is 21.0. The number of fused-ring (bicyclic) bond motifs is 3. The summed E-state index contributed by atoms with van der Waals surface area (Å²) in [5, 5.41) is 8.27. The lowest BCUT2D eigenvalue weighted by Crippen LogP contribution is -2.31. The lowest BCUT2D eigenvalue weighted by molar-refractivity contribution is 0.0949. The molecule has 4 rings (SSSR count). The number of hydrogen-bond acceptors (Lipinski definition) is 3. The van der Waals surface area contributed by atoms with Crippen LogP contribution in [0.3, 0.4) is 0 Å². The highest BCUT2D eigenvalue weighted by Crippen LogP contribution is 2.37. The maximum Gasteiger partial charge on any atom is 0.269 e. The maximum absolute atomic E-state index is 12.6. The van der Waals surface area contributed by atoms with Gasteiger partial charge in [0.2, 0.25) is 0 Å². The van der Waals surface area contributed by atoms with Crippen molar-refractivity contribution in [1.82, 2.24) is 20.6 Å². The van der Waals surface area contributed by atoms with Crippen molar-refractivity contribution in [1.29, 1.82) is 0 Å². The number of aromatic nitrogens is 2. The number of hydrogen-bond donors (Lipinski definition) is 3. The Morgan fingerprint density at radius 2 is 1.96 bits per heavy atom. The number of H-pyrrole nitrogens is 1. The monoisotopic (exact) mass is 350 g/mol. The van der Waals surface area contributed by atoms with E-state index in [9.17, 15) is 4.79 Å². The van der Waals surface area contributed by atoms with Crippen molar-refractivity contribution in [2.45, 2.75) is 38.0 Å². The summed E-state index contributed by atoms with van der Waals surface area (Å²) in [5.41, 5.74) is 3.80. The number of rotatable bonds is 5. The van der Waals surface area contributed by atoms with Crippen molar-refractivity contribution in [3.8, 4) is 0 Å². The lowest BCUT2D eigenvalue weighted by Gasteiger charge is -2.22. The Bertz CT molecular complexity index is 924. The van der Waals surface area contributed by atoms with E-state index >= 15 is 0 Å². The van der Waals surface area contributed by atoms with Gasteiger partial charge in [-0.3, -0.25) is 4.79 Å². The Morgan fingerprint density at radius 1 is 1.15 bits per heavy atom. The zero-order valence-electron chi connectivity index (χ0n) is 15.3. The van der Waals surface area contributed by atoms with Gasteiger partial charge in [-0.2, -0.15) is 0 Å². The van der Waals surface area contributed by atoms with Gasteiger partial charge in [-0.25, -0.2) is 4.98 Å². The molecule has 5 nitrogen and oxygen atoms in total. The van der Waals surface area contributed by atoms with E-state index in [1.807, 2.05) is 25.2 Å². The molecule has 1 amide bonds. The number of pyridine rings is 1. The summed E-state index contributed by atoms with van der Waals surface area (Å²) in [6.07, 6.45) is 6.10. The normalized spacial score (nSPS) is 15.6. The molecular formula is C21H26N4O. The quantitative estimate of drug-likeness (QED) is 0.614. The van der Waals surface area contributed by atoms with Crippen molar-refractivity contribution < 1.29 is 4.79 Å². The van der Waals surface area contributed by atoms with Gasteiger partial charge < -0.3 is 15.6 Å². The van der Waals surface area contributed by atoms with E-state index in [0.717, 1.165) is 46.9 Å². The van der Waals surface area contributed by atoms with Crippen LogP contribution in [0.1, 0.15) is 54.2 Å². The Morgan fingerprint density at radius 3 is 2.77 bits per heavy atom. The molecule has 3 N–H and O–H groups in total. The number of likely N-dealkylation sites (N-methyl/N-ethyl adjacent to an activating group) is 1. The fourth-order valence-electron chi connectivity index (χ4n) is 4.05. The van der Waals surface area contributed by atoms with Crippen LogP contribution < -0.4 is 10.6 Å². The first-order valence-corrected chi connectivity index (χ1v) is 9.62. The number of aromatic amines is 1. The number of carbonyl (C=O) groups excluding carboxylic acids is 1. The van der Waals surface area contributed by atoms with Crippen molar-refractivity contribution in [2.75, 3.05) is 20.1 Å². The highest BCUT2D eigenvalue weighted by molar-refractivity contribution is 6.10. The molecule has 0 radical (unpaired) electrons. The van der Waals surface area contributed by atoms with Crippen LogP contribution in [0.4, 0.5) is 0 Å². The standard InChI is InChI=1S/C21H26N4O/c1-22-11-12-23-21(26)18-13-16-15-9-5-6-10-17(15)24-20(16)19(25-18)14-7-3-2-4-8-14/h5-6,9-10,13-14,22,24H,2-4,7-8,11-12H2,1H3,(H,23,26). The van der Waals surface area contributed by atoms with E-state index in [2.05, 4.69) is 27.8 Å². The topological polar surface area (TPSA) is 69.8 Å². The molecule has 1 aliphatic carbocycles. The lowest BCUT2D eigenvalue weighted by atomic mass is 9.86. The molecule has 5 heteroatoms. The molecule has 2 heterocycles. The van der Waals surface area contributed by atoms with Crippen LogP contribution in [-0.4, -0.2) is 36.0 Å². The predicted molar refractivity (Wildman–Crippen MR) is 106 cm³/mol. The highest BCUT2D eigenvalue weighted by atomic mass is 16.1. The second kappa shape index (κ2) is 7.46. The van der Waals surface area contributed by atoms with Crippen LogP contribution in [0.2, 0.25) is 0 Å². The summed E-state index contributed by atoms with van der Waals surface area (Å²) in [5.74, 6) is 0.342. The molecule has 1 aliphatic rings. The summed E-state index contributed by atoms with van der Waals surface area (Å²) in [7, 11) is 1.88. The average molecular weight is 350 g/mol. The van der Waals surface area contributed by atoms with Crippen LogP contribution in [0, 0.1) is 0 Å². The first-order valence-electron chi connectivity index (χ1n) is 9.62. The van der Waals surface area contributed by atoms with Gasteiger partial charge in [0.25, 0.3) is 5.91 Å². The molecule has 2 aromatic heterocycles. The Hall–Kier alpha value is -2.40. The number of nitrogens with one attached hydrogen (secondary N) is 3. The van der Waals surface area contributed by atoms with Crippen molar-refractivity contribution in [2.24, 2.45) is 0 Å². The summed E-state index contributed by atoms with van der Waals surface area (Å²) in [6.45, 7) is 1.35. The average Bonchev–Trinajstić information content (AvgIpc) is 3.06. The molecule has 26 heavy (non-hydrogen) atoms. The van der Waals surface area contributed by atoms with Crippen LogP contribution >= 0.6 is 0 Å². The molecule has 0 aliphatic heterocycles. The molecule has 0 saturated heterocycles. The van der Waals surface area contributed by atoms with Crippen LogP contribution in [0.5, 0.6) is 0 Å². The van der Waals surface area contributed by atoms with Gasteiger partial charge in [-0.05, 0) is 32.0 Å². The minimum atomic E-state index is -0.0931. The summed E-state index contributed by atoms with van der Waals surface area (Å²) in [6, 6.07) is 10.2. The second-order valence-corrected chi connectivity index (χ2v) is 7.18. The van der Waals surface area contributed by atoms with Gasteiger partial charge in [-0.1, -0.05) is 37.5 Å². The zero-order chi connectivity index (χ0) is 17.9. The third-order valence-corrected chi connectivity index (χ3v) is 5.41. The van der Waals surface area contributed by atoms with E-state index in [0.29, 0.717) is 18.2 Å². The number of nitrogens with zero attached hydrogens (tertiary/aromatic N) is 1. The van der Waals surface area contributed by atoms with E-state index in [-0.39, 0.29) is 5.91 Å². The second-order valence-electron chi connectivity index (χ2n) is 7.18. The van der Waals surface area contributed by atoms with E-state index in [4.69, 9.17) is 4.98 Å². The maximum atomic E-state index is 12.6. The molecule has 0 unspecified atom stereocenters. The van der Waals surface area contributed by atoms with Gasteiger partial charge in [0.1, 0.15) is 5.69 Å². The fraction of sp³-hybridized carbons (Fsp3) is 0.429. The molecule has 0 spiro atoms. The van der Waals surface area contributed by atoms with E-state index in [1.54, 1.807) is 0 Å². The van der Waals surface area contributed by atoms with Gasteiger partial charge in [-0.15, -0.1) is 0 Å². The molecular weight excluding hydrogens is 324 g/mol. The molecule has 1 aromatic carbocycles. The van der Waals surface area contributed by atoms with Gasteiger partial charge in [0, 0.05) is 35.3 Å². The molecule has 0 bridgehead atoms. The van der Waals surface area contributed by atoms with Crippen LogP contribution in [0.15, 0.2) is 30.3 Å². The summed E-state index contributed by atoms with van der Waals surface area (Å²) >= 11 is 0. The fourth-order valence-corrected chi connectivity index (χ4v) is 4.05. The SMILES string of the molecule is CNCCNC(=O)c1cc2c([nH]c3ccccc32)c(C2CCCCC2)n1. The van der Waals surface area contributed by atoms with Crippen LogP contribution in [0.25, 0.3) is 21.8 Å². The smallest absolute Gasteiger partial charge is 0.269 e. The number of para-hydroxylation sites is 1. The van der Waals surface area contributed by atoms with Crippen molar-refractivity contribution >= 4 is 27.7 Å². The first-order chi connectivity index (χ1) is 12.8. The Labute approximate surface area is 153 Å². The minimum Gasteiger partial charge on any atom is -0.353 e. The minimum absolute atomic E-state index is 0.0931. The zero-order valence-corrected chi connectivity index (χ0v) is 15.3. The van der Waals surface area contributed by atoms with E-state index < -0.39 is 0 Å². The largest absolute Gasteiger partial charge is 0.353 e. The molecule has 3 aromatic rings. The van der Waals surface area contributed by atoms with Gasteiger partial charge >= 0.3 is 0 Å². The third kappa shape index (κ3) is 3.19. The number of carbonyl (C=O) groups is 1.